The van der Waals surface area contributed by atoms with E-state index in [9.17, 15) is 20.4 Å². The minimum absolute atomic E-state index is 0.117. The Morgan fingerprint density at radius 2 is 1.97 bits per heavy atom. The lowest BCUT2D eigenvalue weighted by atomic mass is 10.1. The summed E-state index contributed by atoms with van der Waals surface area (Å²) in [5, 5.41) is 43.3. The molecule has 0 radical (unpaired) electrons. The van der Waals surface area contributed by atoms with Crippen molar-refractivity contribution in [3.05, 3.63) is 36.2 Å². The number of aromatic hydroxyl groups is 1. The van der Waals surface area contributed by atoms with Crippen LogP contribution in [0.2, 0.25) is 0 Å². The molecule has 12 heteroatoms. The molecule has 2 aromatic heterocycles. The van der Waals surface area contributed by atoms with E-state index in [2.05, 4.69) is 25.5 Å². The third kappa shape index (κ3) is 3.45. The Labute approximate surface area is 163 Å². The predicted molar refractivity (Wildman–Crippen MR) is 102 cm³/mol. The summed E-state index contributed by atoms with van der Waals surface area (Å²) >= 11 is 0. The van der Waals surface area contributed by atoms with E-state index in [0.717, 1.165) is 0 Å². The number of anilines is 2. The normalized spacial score (nSPS) is 24.5. The van der Waals surface area contributed by atoms with E-state index >= 15 is 0 Å². The second-order valence-corrected chi connectivity index (χ2v) is 6.43. The monoisotopic (exact) mass is 401 g/mol. The van der Waals surface area contributed by atoms with Crippen molar-refractivity contribution in [1.82, 2.24) is 19.5 Å². The molecule has 1 saturated heterocycles. The van der Waals surface area contributed by atoms with Crippen LogP contribution in [-0.2, 0) is 4.74 Å². The number of fused-ring (bicyclic) bond motifs is 1. The van der Waals surface area contributed by atoms with Gasteiger partial charge in [-0.15, -0.1) is 0 Å². The first-order valence-electron chi connectivity index (χ1n) is 8.68. The van der Waals surface area contributed by atoms with E-state index in [4.69, 9.17) is 10.5 Å². The molecule has 3 heterocycles. The zero-order valence-corrected chi connectivity index (χ0v) is 15.0. The fraction of sp³-hybridized carbons (Fsp3) is 0.294. The van der Waals surface area contributed by atoms with Gasteiger partial charge in [-0.25, -0.2) is 20.4 Å². The van der Waals surface area contributed by atoms with Gasteiger partial charge in [0.1, 0.15) is 30.4 Å². The standard InChI is InChI=1S/C17H19N7O5/c18-14-11-15(20-7-19-14)24(16-13(28)12(27)10(6-25)29-16)17(22-11)23-21-5-8-1-3-9(26)4-2-8/h1-5,7,10,12-13,16,25-28H,6H2,(H,22,23)(H2,18,19,20)/b21-5+. The van der Waals surface area contributed by atoms with Gasteiger partial charge >= 0.3 is 0 Å². The zero-order chi connectivity index (χ0) is 20.5. The molecule has 4 unspecified atom stereocenters. The van der Waals surface area contributed by atoms with Crippen molar-refractivity contribution in [2.75, 3.05) is 17.8 Å². The largest absolute Gasteiger partial charge is 0.508 e. The molecule has 4 rings (SSSR count). The summed E-state index contributed by atoms with van der Waals surface area (Å²) in [6.45, 7) is -0.472. The molecule has 0 aliphatic carbocycles. The number of aromatic nitrogens is 4. The number of hydrogen-bond donors (Lipinski definition) is 6. The van der Waals surface area contributed by atoms with E-state index in [0.29, 0.717) is 5.56 Å². The number of ether oxygens (including phenoxy) is 1. The van der Waals surface area contributed by atoms with Crippen LogP contribution in [-0.4, -0.2) is 71.1 Å². The van der Waals surface area contributed by atoms with E-state index < -0.39 is 31.1 Å². The second kappa shape index (κ2) is 7.60. The Hall–Kier alpha value is -3.32. The first-order chi connectivity index (χ1) is 14.0. The van der Waals surface area contributed by atoms with Crippen LogP contribution in [0, 0.1) is 0 Å². The SMILES string of the molecule is Nc1ncnc2c1nc(N/N=C/c1ccc(O)cc1)n2C1OC(CO)C(O)C1O. The molecule has 12 nitrogen and oxygen atoms in total. The fourth-order valence-corrected chi connectivity index (χ4v) is 3.06. The van der Waals surface area contributed by atoms with Gasteiger partial charge in [-0.2, -0.15) is 5.10 Å². The van der Waals surface area contributed by atoms with Crippen LogP contribution in [0.4, 0.5) is 11.8 Å². The van der Waals surface area contributed by atoms with Crippen molar-refractivity contribution in [3.8, 4) is 5.75 Å². The quantitative estimate of drug-likeness (QED) is 0.233. The minimum Gasteiger partial charge on any atom is -0.508 e. The number of nitrogens with zero attached hydrogens (tertiary/aromatic N) is 5. The van der Waals surface area contributed by atoms with Gasteiger partial charge in [-0.1, -0.05) is 0 Å². The first kappa shape index (κ1) is 19.0. The molecule has 7 N–H and O–H groups in total. The molecule has 152 valence electrons. The number of phenolic OH excluding ortho intramolecular Hbond substituents is 1. The molecule has 4 atom stereocenters. The highest BCUT2D eigenvalue weighted by Gasteiger charge is 2.45. The highest BCUT2D eigenvalue weighted by molar-refractivity contribution is 5.84. The maximum Gasteiger partial charge on any atom is 0.228 e. The maximum atomic E-state index is 10.4. The minimum atomic E-state index is -1.35. The van der Waals surface area contributed by atoms with Crippen LogP contribution in [0.3, 0.4) is 0 Å². The molecular weight excluding hydrogens is 382 g/mol. The van der Waals surface area contributed by atoms with Gasteiger partial charge in [0.15, 0.2) is 23.2 Å². The lowest BCUT2D eigenvalue weighted by Gasteiger charge is -2.18. The van der Waals surface area contributed by atoms with Gasteiger partial charge in [0.05, 0.1) is 12.8 Å². The van der Waals surface area contributed by atoms with Crippen molar-refractivity contribution < 1.29 is 25.2 Å². The van der Waals surface area contributed by atoms with Crippen LogP contribution in [0.1, 0.15) is 11.8 Å². The number of aliphatic hydroxyl groups is 3. The summed E-state index contributed by atoms with van der Waals surface area (Å²) in [7, 11) is 0. The number of imidazole rings is 1. The summed E-state index contributed by atoms with van der Waals surface area (Å²) in [4.78, 5) is 12.4. The maximum absolute atomic E-state index is 10.4. The highest BCUT2D eigenvalue weighted by atomic mass is 16.6. The van der Waals surface area contributed by atoms with E-state index in [1.54, 1.807) is 12.1 Å². The van der Waals surface area contributed by atoms with E-state index in [1.807, 2.05) is 0 Å². The Bertz CT molecular complexity index is 1040. The van der Waals surface area contributed by atoms with Gasteiger partial charge in [0.25, 0.3) is 0 Å². The Balaban J connectivity index is 1.71. The van der Waals surface area contributed by atoms with E-state index in [1.165, 1.54) is 29.2 Å². The van der Waals surface area contributed by atoms with Crippen LogP contribution in [0.5, 0.6) is 5.75 Å². The number of hydrazone groups is 1. The van der Waals surface area contributed by atoms with Crippen molar-refractivity contribution in [1.29, 1.82) is 0 Å². The Morgan fingerprint density at radius 1 is 1.21 bits per heavy atom. The molecule has 1 fully saturated rings. The Morgan fingerprint density at radius 3 is 2.66 bits per heavy atom. The molecule has 0 amide bonds. The van der Waals surface area contributed by atoms with Gasteiger partial charge in [0, 0.05) is 0 Å². The molecule has 1 aliphatic heterocycles. The van der Waals surface area contributed by atoms with Crippen LogP contribution in [0.25, 0.3) is 11.2 Å². The number of benzene rings is 1. The summed E-state index contributed by atoms with van der Waals surface area (Å²) in [5.41, 5.74) is 9.84. The molecular formula is C17H19N7O5. The van der Waals surface area contributed by atoms with Crippen molar-refractivity contribution in [3.63, 3.8) is 0 Å². The summed E-state index contributed by atoms with van der Waals surface area (Å²) in [5.74, 6) is 0.387. The molecule has 1 aliphatic rings. The third-order valence-corrected chi connectivity index (χ3v) is 4.55. The topological polar surface area (TPSA) is 184 Å². The molecule has 0 bridgehead atoms. The predicted octanol–water partition coefficient (Wildman–Crippen LogP) is -0.828. The van der Waals surface area contributed by atoms with Crippen LogP contribution in [0.15, 0.2) is 35.7 Å². The number of nitrogen functional groups attached to an aromatic ring is 1. The molecule has 0 spiro atoms. The second-order valence-electron chi connectivity index (χ2n) is 6.43. The summed E-state index contributed by atoms with van der Waals surface area (Å²) < 4.78 is 6.99. The molecule has 3 aromatic rings. The number of hydrogen-bond acceptors (Lipinski definition) is 11. The smallest absolute Gasteiger partial charge is 0.228 e. The van der Waals surface area contributed by atoms with Gasteiger partial charge in [-0.3, -0.25) is 4.57 Å². The lowest BCUT2D eigenvalue weighted by molar-refractivity contribution is -0.0501. The van der Waals surface area contributed by atoms with Crippen LogP contribution < -0.4 is 11.2 Å². The average molecular weight is 401 g/mol. The van der Waals surface area contributed by atoms with Crippen molar-refractivity contribution in [2.24, 2.45) is 5.10 Å². The van der Waals surface area contributed by atoms with Crippen LogP contribution >= 0.6 is 0 Å². The number of rotatable bonds is 5. The lowest BCUT2D eigenvalue weighted by Crippen LogP contribution is -2.33. The summed E-state index contributed by atoms with van der Waals surface area (Å²) in [6.07, 6.45) is -1.97. The number of nitrogens with one attached hydrogen (secondary N) is 1. The fourth-order valence-electron chi connectivity index (χ4n) is 3.06. The molecule has 1 aromatic carbocycles. The third-order valence-electron chi connectivity index (χ3n) is 4.55. The number of aliphatic hydroxyl groups excluding tert-OH is 3. The highest BCUT2D eigenvalue weighted by Crippen LogP contribution is 2.35. The molecule has 29 heavy (non-hydrogen) atoms. The number of phenols is 1. The first-order valence-corrected chi connectivity index (χ1v) is 8.68. The average Bonchev–Trinajstić information content (AvgIpc) is 3.22. The van der Waals surface area contributed by atoms with E-state index in [-0.39, 0.29) is 28.7 Å². The Kier molecular flexibility index (Phi) is 4.98. The van der Waals surface area contributed by atoms with Crippen molar-refractivity contribution >= 4 is 29.1 Å². The summed E-state index contributed by atoms with van der Waals surface area (Å²) in [6, 6.07) is 6.37. The van der Waals surface area contributed by atoms with Gasteiger partial charge in [0.2, 0.25) is 5.95 Å². The van der Waals surface area contributed by atoms with Gasteiger partial charge < -0.3 is 30.9 Å². The molecule has 0 saturated carbocycles. The zero-order valence-electron chi connectivity index (χ0n) is 15.0. The number of nitrogens with two attached hydrogens (primary N) is 1. The van der Waals surface area contributed by atoms with Gasteiger partial charge in [-0.05, 0) is 29.8 Å². The van der Waals surface area contributed by atoms with Crippen molar-refractivity contribution in [2.45, 2.75) is 24.5 Å².